The lowest BCUT2D eigenvalue weighted by molar-refractivity contribution is 0.0422. The Hall–Kier alpha value is -1.37. The molecule has 1 aliphatic rings. The molecule has 3 heteroatoms. The molecule has 0 bridgehead atoms. The van der Waals surface area contributed by atoms with Crippen LogP contribution >= 0.6 is 0 Å². The number of nitrogens with zero attached hydrogens (tertiary/aromatic N) is 1. The average molecular weight is 216 g/mol. The van der Waals surface area contributed by atoms with Crippen molar-refractivity contribution in [2.75, 3.05) is 13.2 Å². The van der Waals surface area contributed by atoms with Gasteiger partial charge in [0.05, 0.1) is 18.2 Å². The molecule has 2 N–H and O–H groups in total. The van der Waals surface area contributed by atoms with Crippen LogP contribution in [0.3, 0.4) is 0 Å². The van der Waals surface area contributed by atoms with Crippen molar-refractivity contribution >= 4 is 0 Å². The van der Waals surface area contributed by atoms with E-state index in [9.17, 15) is 0 Å². The van der Waals surface area contributed by atoms with Crippen LogP contribution in [0, 0.1) is 17.2 Å². The summed E-state index contributed by atoms with van der Waals surface area (Å²) in [6.45, 7) is 1.53. The molecule has 1 heterocycles. The predicted molar refractivity (Wildman–Crippen MR) is 61.8 cm³/mol. The Morgan fingerprint density at radius 3 is 2.75 bits per heavy atom. The highest BCUT2D eigenvalue weighted by Crippen LogP contribution is 2.18. The molecular formula is C13H16N2O. The van der Waals surface area contributed by atoms with E-state index in [1.54, 1.807) is 0 Å². The summed E-state index contributed by atoms with van der Waals surface area (Å²) in [6, 6.07) is 10.1. The summed E-state index contributed by atoms with van der Waals surface area (Å²) in [7, 11) is 0. The van der Waals surface area contributed by atoms with Gasteiger partial charge in [-0.3, -0.25) is 0 Å². The Labute approximate surface area is 95.8 Å². The van der Waals surface area contributed by atoms with Crippen LogP contribution in [-0.2, 0) is 11.2 Å². The summed E-state index contributed by atoms with van der Waals surface area (Å²) in [6.07, 6.45) is 1.88. The zero-order chi connectivity index (χ0) is 11.4. The van der Waals surface area contributed by atoms with Crippen LogP contribution in [0.2, 0.25) is 0 Å². The van der Waals surface area contributed by atoms with Gasteiger partial charge in [0.25, 0.3) is 0 Å². The first-order valence-electron chi connectivity index (χ1n) is 5.62. The second kappa shape index (κ2) is 5.11. The van der Waals surface area contributed by atoms with Gasteiger partial charge in [0.15, 0.2) is 0 Å². The van der Waals surface area contributed by atoms with Crippen LogP contribution in [0.25, 0.3) is 0 Å². The second-order valence-corrected chi connectivity index (χ2v) is 4.30. The standard InChI is InChI=1S/C13H16N2O/c14-8-11-3-1-10(2-4-11)7-12-9-16-6-5-13(12)15/h1-4,12-13H,5-7,9,15H2. The highest BCUT2D eigenvalue weighted by Gasteiger charge is 2.22. The Morgan fingerprint density at radius 2 is 2.12 bits per heavy atom. The van der Waals surface area contributed by atoms with Gasteiger partial charge in [-0.2, -0.15) is 5.26 Å². The van der Waals surface area contributed by atoms with E-state index in [0.717, 1.165) is 26.1 Å². The largest absolute Gasteiger partial charge is 0.381 e. The molecule has 2 rings (SSSR count). The summed E-state index contributed by atoms with van der Waals surface area (Å²) in [5.74, 6) is 0.404. The molecule has 0 saturated carbocycles. The van der Waals surface area contributed by atoms with Gasteiger partial charge < -0.3 is 10.5 Å². The van der Waals surface area contributed by atoms with Gasteiger partial charge in [-0.05, 0) is 30.5 Å². The molecule has 1 aromatic rings. The summed E-state index contributed by atoms with van der Waals surface area (Å²) >= 11 is 0. The SMILES string of the molecule is N#Cc1ccc(CC2COCCC2N)cc1. The Kier molecular flexibility index (Phi) is 3.55. The first kappa shape index (κ1) is 11.1. The van der Waals surface area contributed by atoms with Gasteiger partial charge in [-0.25, -0.2) is 0 Å². The fourth-order valence-electron chi connectivity index (χ4n) is 2.04. The monoisotopic (exact) mass is 216 g/mol. The fraction of sp³-hybridized carbons (Fsp3) is 0.462. The Balaban J connectivity index is 2.00. The maximum absolute atomic E-state index is 8.70. The number of hydrogen-bond donors (Lipinski definition) is 1. The highest BCUT2D eigenvalue weighted by molar-refractivity contribution is 5.31. The smallest absolute Gasteiger partial charge is 0.0991 e. The van der Waals surface area contributed by atoms with E-state index in [0.29, 0.717) is 11.5 Å². The zero-order valence-electron chi connectivity index (χ0n) is 9.23. The average Bonchev–Trinajstić information content (AvgIpc) is 2.33. The zero-order valence-corrected chi connectivity index (χ0v) is 9.23. The van der Waals surface area contributed by atoms with Crippen LogP contribution in [-0.4, -0.2) is 19.3 Å². The third kappa shape index (κ3) is 2.60. The molecule has 3 nitrogen and oxygen atoms in total. The number of hydrogen-bond acceptors (Lipinski definition) is 3. The quantitative estimate of drug-likeness (QED) is 0.814. The first-order chi connectivity index (χ1) is 7.79. The van der Waals surface area contributed by atoms with E-state index >= 15 is 0 Å². The molecule has 0 radical (unpaired) electrons. The number of nitrogens with two attached hydrogens (primary N) is 1. The Morgan fingerprint density at radius 1 is 1.38 bits per heavy atom. The normalized spacial score (nSPS) is 25.0. The maximum Gasteiger partial charge on any atom is 0.0991 e. The van der Waals surface area contributed by atoms with Crippen LogP contribution < -0.4 is 5.73 Å². The van der Waals surface area contributed by atoms with E-state index in [4.69, 9.17) is 15.7 Å². The van der Waals surface area contributed by atoms with E-state index in [1.807, 2.05) is 24.3 Å². The molecule has 0 spiro atoms. The molecule has 2 atom stereocenters. The van der Waals surface area contributed by atoms with Crippen molar-refractivity contribution in [2.24, 2.45) is 11.7 Å². The van der Waals surface area contributed by atoms with Gasteiger partial charge in [-0.1, -0.05) is 12.1 Å². The summed E-state index contributed by atoms with van der Waals surface area (Å²) in [5.41, 5.74) is 7.98. The minimum absolute atomic E-state index is 0.240. The molecule has 1 fully saturated rings. The molecular weight excluding hydrogens is 200 g/mol. The summed E-state index contributed by atoms with van der Waals surface area (Å²) in [5, 5.41) is 8.70. The molecule has 0 aliphatic carbocycles. The minimum Gasteiger partial charge on any atom is -0.381 e. The maximum atomic E-state index is 8.70. The van der Waals surface area contributed by atoms with E-state index in [-0.39, 0.29) is 6.04 Å². The molecule has 1 aromatic carbocycles. The van der Waals surface area contributed by atoms with Gasteiger partial charge in [0.1, 0.15) is 0 Å². The molecule has 0 amide bonds. The van der Waals surface area contributed by atoms with Gasteiger partial charge in [-0.15, -0.1) is 0 Å². The lowest BCUT2D eigenvalue weighted by Crippen LogP contribution is -2.39. The van der Waals surface area contributed by atoms with Gasteiger partial charge in [0, 0.05) is 18.6 Å². The first-order valence-corrected chi connectivity index (χ1v) is 5.62. The van der Waals surface area contributed by atoms with Crippen LogP contribution in [0.15, 0.2) is 24.3 Å². The number of benzene rings is 1. The molecule has 1 saturated heterocycles. The van der Waals surface area contributed by atoms with Crippen molar-refractivity contribution in [3.05, 3.63) is 35.4 Å². The molecule has 16 heavy (non-hydrogen) atoms. The van der Waals surface area contributed by atoms with Crippen molar-refractivity contribution in [3.8, 4) is 6.07 Å². The number of nitriles is 1. The molecule has 1 aliphatic heterocycles. The Bertz CT molecular complexity index is 380. The van der Waals surface area contributed by atoms with Crippen molar-refractivity contribution in [2.45, 2.75) is 18.9 Å². The van der Waals surface area contributed by atoms with Crippen molar-refractivity contribution < 1.29 is 4.74 Å². The van der Waals surface area contributed by atoms with Crippen molar-refractivity contribution in [3.63, 3.8) is 0 Å². The lowest BCUT2D eigenvalue weighted by atomic mass is 9.90. The van der Waals surface area contributed by atoms with Crippen LogP contribution in [0.4, 0.5) is 0 Å². The summed E-state index contributed by atoms with van der Waals surface area (Å²) in [4.78, 5) is 0. The summed E-state index contributed by atoms with van der Waals surface area (Å²) < 4.78 is 5.44. The van der Waals surface area contributed by atoms with Crippen molar-refractivity contribution in [1.29, 1.82) is 5.26 Å². The van der Waals surface area contributed by atoms with E-state index in [1.165, 1.54) is 5.56 Å². The fourth-order valence-corrected chi connectivity index (χ4v) is 2.04. The van der Waals surface area contributed by atoms with Crippen LogP contribution in [0.1, 0.15) is 17.5 Å². The third-order valence-corrected chi connectivity index (χ3v) is 3.11. The minimum atomic E-state index is 0.240. The molecule has 0 aromatic heterocycles. The molecule has 2 unspecified atom stereocenters. The van der Waals surface area contributed by atoms with Crippen LogP contribution in [0.5, 0.6) is 0 Å². The third-order valence-electron chi connectivity index (χ3n) is 3.11. The number of rotatable bonds is 2. The second-order valence-electron chi connectivity index (χ2n) is 4.30. The number of ether oxygens (including phenoxy) is 1. The topological polar surface area (TPSA) is 59.0 Å². The van der Waals surface area contributed by atoms with Gasteiger partial charge >= 0.3 is 0 Å². The highest BCUT2D eigenvalue weighted by atomic mass is 16.5. The van der Waals surface area contributed by atoms with Crippen molar-refractivity contribution in [1.82, 2.24) is 0 Å². The molecule has 84 valence electrons. The predicted octanol–water partition coefficient (Wildman–Crippen LogP) is 1.46. The van der Waals surface area contributed by atoms with E-state index < -0.39 is 0 Å². The van der Waals surface area contributed by atoms with Gasteiger partial charge in [0.2, 0.25) is 0 Å². The van der Waals surface area contributed by atoms with E-state index in [2.05, 4.69) is 6.07 Å². The lowest BCUT2D eigenvalue weighted by Gasteiger charge is -2.28.